The van der Waals surface area contributed by atoms with Crippen LogP contribution in [-0.4, -0.2) is 38.4 Å². The van der Waals surface area contributed by atoms with E-state index in [1.54, 1.807) is 13.8 Å². The van der Waals surface area contributed by atoms with Gasteiger partial charge in [-0.15, -0.1) is 11.3 Å². The summed E-state index contributed by atoms with van der Waals surface area (Å²) in [6, 6.07) is 2.58. The Hall–Kier alpha value is -0.630. The van der Waals surface area contributed by atoms with Crippen LogP contribution in [0.1, 0.15) is 13.8 Å². The van der Waals surface area contributed by atoms with E-state index >= 15 is 0 Å². The van der Waals surface area contributed by atoms with Crippen molar-refractivity contribution in [1.82, 2.24) is 4.31 Å². The lowest BCUT2D eigenvalue weighted by atomic mass is 10.4. The van der Waals surface area contributed by atoms with Gasteiger partial charge in [-0.1, -0.05) is 11.6 Å². The van der Waals surface area contributed by atoms with Gasteiger partial charge in [-0.25, -0.2) is 8.42 Å². The standard InChI is InChI=1S/C10H14ClNO4S2/c1-7(2)12(6-9(13)16-3)18(14,15)10-5-4-8(11)17-10/h4-5,7H,6H2,1-3H3. The maximum absolute atomic E-state index is 12.3. The fourth-order valence-corrected chi connectivity index (χ4v) is 4.48. The fraction of sp³-hybridized carbons (Fsp3) is 0.500. The summed E-state index contributed by atoms with van der Waals surface area (Å²) in [6.07, 6.45) is 0. The van der Waals surface area contributed by atoms with Gasteiger partial charge >= 0.3 is 5.97 Å². The number of rotatable bonds is 5. The fourth-order valence-electron chi connectivity index (χ4n) is 1.29. The molecule has 0 aliphatic carbocycles. The molecule has 18 heavy (non-hydrogen) atoms. The van der Waals surface area contributed by atoms with E-state index < -0.39 is 16.0 Å². The summed E-state index contributed by atoms with van der Waals surface area (Å²) in [5.74, 6) is -0.602. The highest BCUT2D eigenvalue weighted by atomic mass is 35.5. The molecule has 0 aliphatic heterocycles. The topological polar surface area (TPSA) is 63.7 Å². The van der Waals surface area contributed by atoms with E-state index in [-0.39, 0.29) is 16.8 Å². The van der Waals surface area contributed by atoms with Gasteiger partial charge in [-0.3, -0.25) is 4.79 Å². The van der Waals surface area contributed by atoms with Crippen molar-refractivity contribution >= 4 is 38.9 Å². The molecule has 0 saturated heterocycles. The minimum atomic E-state index is -3.72. The van der Waals surface area contributed by atoms with Gasteiger partial charge in [0, 0.05) is 6.04 Å². The number of hydrogen-bond donors (Lipinski definition) is 0. The summed E-state index contributed by atoms with van der Waals surface area (Å²) in [5.41, 5.74) is 0. The van der Waals surface area contributed by atoms with Crippen LogP contribution < -0.4 is 0 Å². The van der Waals surface area contributed by atoms with Gasteiger partial charge in [0.15, 0.2) is 0 Å². The second-order valence-electron chi connectivity index (χ2n) is 3.78. The Kier molecular flexibility index (Phi) is 5.15. The van der Waals surface area contributed by atoms with Crippen molar-refractivity contribution in [2.45, 2.75) is 24.1 Å². The van der Waals surface area contributed by atoms with Gasteiger partial charge in [0.2, 0.25) is 0 Å². The van der Waals surface area contributed by atoms with Crippen LogP contribution in [0.4, 0.5) is 0 Å². The van der Waals surface area contributed by atoms with Gasteiger partial charge in [-0.05, 0) is 26.0 Å². The Labute approximate surface area is 115 Å². The van der Waals surface area contributed by atoms with Gasteiger partial charge in [0.05, 0.1) is 11.4 Å². The third kappa shape index (κ3) is 3.44. The van der Waals surface area contributed by atoms with E-state index in [1.807, 2.05) is 0 Å². The number of nitrogens with zero attached hydrogens (tertiary/aromatic N) is 1. The van der Waals surface area contributed by atoms with Crippen LogP contribution in [0.2, 0.25) is 4.34 Å². The first-order chi connectivity index (χ1) is 8.28. The summed E-state index contributed by atoms with van der Waals surface area (Å²) in [7, 11) is -2.50. The van der Waals surface area contributed by atoms with Crippen molar-refractivity contribution in [1.29, 1.82) is 0 Å². The highest BCUT2D eigenvalue weighted by molar-refractivity contribution is 7.91. The van der Waals surface area contributed by atoms with Crippen LogP contribution in [0, 0.1) is 0 Å². The van der Waals surface area contributed by atoms with Crippen molar-refractivity contribution in [2.24, 2.45) is 0 Å². The molecule has 0 unspecified atom stereocenters. The molecule has 0 amide bonds. The summed E-state index contributed by atoms with van der Waals surface area (Å²) >= 11 is 6.69. The summed E-state index contributed by atoms with van der Waals surface area (Å²) in [6.45, 7) is 3.07. The molecule has 1 aromatic rings. The third-order valence-electron chi connectivity index (χ3n) is 2.20. The molecular formula is C10H14ClNO4S2. The zero-order valence-corrected chi connectivity index (χ0v) is 12.6. The predicted molar refractivity (Wildman–Crippen MR) is 70.4 cm³/mol. The normalized spacial score (nSPS) is 12.1. The zero-order chi connectivity index (χ0) is 13.9. The first-order valence-corrected chi connectivity index (χ1v) is 7.76. The summed E-state index contributed by atoms with van der Waals surface area (Å²) in [5, 5.41) is 0. The van der Waals surface area contributed by atoms with E-state index in [2.05, 4.69) is 4.74 Å². The minimum Gasteiger partial charge on any atom is -0.468 e. The molecule has 0 spiro atoms. The quantitative estimate of drug-likeness (QED) is 0.780. The van der Waals surface area contributed by atoms with Crippen LogP contribution >= 0.6 is 22.9 Å². The predicted octanol–water partition coefficient (Wildman–Crippen LogP) is 1.97. The van der Waals surface area contributed by atoms with Crippen molar-refractivity contribution in [3.05, 3.63) is 16.5 Å². The zero-order valence-electron chi connectivity index (χ0n) is 10.2. The molecular weight excluding hydrogens is 298 g/mol. The molecule has 0 atom stereocenters. The number of carbonyl (C=O) groups is 1. The van der Waals surface area contributed by atoms with E-state index in [9.17, 15) is 13.2 Å². The van der Waals surface area contributed by atoms with Crippen LogP contribution in [0.5, 0.6) is 0 Å². The molecule has 8 heteroatoms. The second-order valence-corrected chi connectivity index (χ2v) is 7.61. The van der Waals surface area contributed by atoms with Crippen LogP contribution in [0.25, 0.3) is 0 Å². The molecule has 0 aromatic carbocycles. The highest BCUT2D eigenvalue weighted by Crippen LogP contribution is 2.28. The number of ether oxygens (including phenoxy) is 1. The van der Waals surface area contributed by atoms with E-state index in [1.165, 1.54) is 19.2 Å². The average molecular weight is 312 g/mol. The lowest BCUT2D eigenvalue weighted by Crippen LogP contribution is -2.40. The Morgan fingerprint density at radius 1 is 1.50 bits per heavy atom. The summed E-state index contributed by atoms with van der Waals surface area (Å²) in [4.78, 5) is 11.3. The number of esters is 1. The average Bonchev–Trinajstić information content (AvgIpc) is 2.72. The second kappa shape index (κ2) is 6.01. The number of halogens is 1. The van der Waals surface area contributed by atoms with E-state index in [4.69, 9.17) is 11.6 Å². The van der Waals surface area contributed by atoms with Crippen LogP contribution in [0.3, 0.4) is 0 Å². The number of thiophene rings is 1. The molecule has 102 valence electrons. The lowest BCUT2D eigenvalue weighted by Gasteiger charge is -2.23. The lowest BCUT2D eigenvalue weighted by molar-refractivity contribution is -0.141. The first kappa shape index (κ1) is 15.4. The first-order valence-electron chi connectivity index (χ1n) is 5.13. The number of methoxy groups -OCH3 is 1. The van der Waals surface area contributed by atoms with Crippen LogP contribution in [0.15, 0.2) is 16.3 Å². The van der Waals surface area contributed by atoms with Gasteiger partial charge in [-0.2, -0.15) is 4.31 Å². The number of sulfonamides is 1. The molecule has 0 aliphatic rings. The molecule has 1 aromatic heterocycles. The Bertz CT molecular complexity index is 524. The highest BCUT2D eigenvalue weighted by Gasteiger charge is 2.30. The van der Waals surface area contributed by atoms with Crippen molar-refractivity contribution < 1.29 is 17.9 Å². The molecule has 1 heterocycles. The largest absolute Gasteiger partial charge is 0.468 e. The van der Waals surface area contributed by atoms with Crippen LogP contribution in [-0.2, 0) is 19.6 Å². The monoisotopic (exact) mass is 311 g/mol. The molecule has 5 nitrogen and oxygen atoms in total. The Morgan fingerprint density at radius 3 is 2.50 bits per heavy atom. The molecule has 0 bridgehead atoms. The Morgan fingerprint density at radius 2 is 2.11 bits per heavy atom. The maximum Gasteiger partial charge on any atom is 0.321 e. The van der Waals surface area contributed by atoms with E-state index in [0.717, 1.165) is 15.6 Å². The molecule has 1 rings (SSSR count). The van der Waals surface area contributed by atoms with E-state index in [0.29, 0.717) is 4.34 Å². The molecule has 0 saturated carbocycles. The third-order valence-corrected chi connectivity index (χ3v) is 5.92. The molecule has 0 N–H and O–H groups in total. The van der Waals surface area contributed by atoms with Crippen molar-refractivity contribution in [2.75, 3.05) is 13.7 Å². The maximum atomic E-state index is 12.3. The Balaban J connectivity index is 3.09. The van der Waals surface area contributed by atoms with Gasteiger partial charge in [0.25, 0.3) is 10.0 Å². The number of carbonyl (C=O) groups excluding carboxylic acids is 1. The minimum absolute atomic E-state index is 0.116. The SMILES string of the molecule is COC(=O)CN(C(C)C)S(=O)(=O)c1ccc(Cl)s1. The molecule has 0 radical (unpaired) electrons. The summed E-state index contributed by atoms with van der Waals surface area (Å²) < 4.78 is 30.7. The van der Waals surface area contributed by atoms with Gasteiger partial charge in [0.1, 0.15) is 10.8 Å². The van der Waals surface area contributed by atoms with Crippen molar-refractivity contribution in [3.8, 4) is 0 Å². The van der Waals surface area contributed by atoms with Crippen molar-refractivity contribution in [3.63, 3.8) is 0 Å². The van der Waals surface area contributed by atoms with Gasteiger partial charge < -0.3 is 4.74 Å². The smallest absolute Gasteiger partial charge is 0.321 e. The molecule has 0 fully saturated rings. The number of hydrogen-bond acceptors (Lipinski definition) is 5.